The Morgan fingerprint density at radius 1 is 1.20 bits per heavy atom. The van der Waals surface area contributed by atoms with E-state index < -0.39 is 32.4 Å². The van der Waals surface area contributed by atoms with Gasteiger partial charge in [0.05, 0.1) is 16.2 Å². The number of unbranched alkanes of at least 4 members (excludes halogenated alkanes) is 1. The largest absolute Gasteiger partial charge is 0.481 e. The molecular formula is C12H13F3O4S. The van der Waals surface area contributed by atoms with Crippen LogP contribution in [0.4, 0.5) is 13.2 Å². The smallest absolute Gasteiger partial charge is 0.416 e. The zero-order valence-corrected chi connectivity index (χ0v) is 11.2. The van der Waals surface area contributed by atoms with Gasteiger partial charge in [0.1, 0.15) is 0 Å². The molecule has 112 valence electrons. The molecule has 1 aromatic carbocycles. The van der Waals surface area contributed by atoms with Gasteiger partial charge in [0.2, 0.25) is 0 Å². The summed E-state index contributed by atoms with van der Waals surface area (Å²) in [5.41, 5.74) is -1.02. The van der Waals surface area contributed by atoms with E-state index in [1.54, 1.807) is 0 Å². The van der Waals surface area contributed by atoms with E-state index in [2.05, 4.69) is 0 Å². The Labute approximate surface area is 114 Å². The molecule has 0 unspecified atom stereocenters. The number of aliphatic carboxylic acids is 1. The van der Waals surface area contributed by atoms with E-state index in [9.17, 15) is 26.4 Å². The summed E-state index contributed by atoms with van der Waals surface area (Å²) < 4.78 is 61.2. The van der Waals surface area contributed by atoms with Crippen molar-refractivity contribution in [2.24, 2.45) is 0 Å². The molecule has 20 heavy (non-hydrogen) atoms. The van der Waals surface area contributed by atoms with Gasteiger partial charge in [-0.05, 0) is 31.0 Å². The Kier molecular flexibility index (Phi) is 5.15. The van der Waals surface area contributed by atoms with E-state index in [0.29, 0.717) is 6.07 Å². The van der Waals surface area contributed by atoms with Crippen LogP contribution in [0, 0.1) is 0 Å². The van der Waals surface area contributed by atoms with Crippen LogP contribution in [0.2, 0.25) is 0 Å². The standard InChI is InChI=1S/C12H13F3O4S/c13-12(14,15)9-4-3-5-10(8-9)20(18,19)7-2-1-6-11(16)17/h3-5,8H,1-2,6-7H2,(H,16,17). The lowest BCUT2D eigenvalue weighted by atomic mass is 10.2. The quantitative estimate of drug-likeness (QED) is 0.820. The Balaban J connectivity index is 2.80. The predicted octanol–water partition coefficient (Wildman–Crippen LogP) is 2.73. The van der Waals surface area contributed by atoms with Crippen LogP contribution in [0.5, 0.6) is 0 Å². The van der Waals surface area contributed by atoms with Crippen molar-refractivity contribution >= 4 is 15.8 Å². The van der Waals surface area contributed by atoms with Crippen LogP contribution in [0.3, 0.4) is 0 Å². The van der Waals surface area contributed by atoms with Crippen LogP contribution in [0.25, 0.3) is 0 Å². The van der Waals surface area contributed by atoms with Gasteiger partial charge in [-0.25, -0.2) is 8.42 Å². The van der Waals surface area contributed by atoms with E-state index in [1.807, 2.05) is 0 Å². The van der Waals surface area contributed by atoms with Crippen LogP contribution >= 0.6 is 0 Å². The number of carboxylic acids is 1. The lowest BCUT2D eigenvalue weighted by molar-refractivity contribution is -0.138. The van der Waals surface area contributed by atoms with Crippen LogP contribution in [-0.2, 0) is 20.8 Å². The third-order valence-corrected chi connectivity index (χ3v) is 4.37. The fourth-order valence-corrected chi connectivity index (χ4v) is 2.96. The normalized spacial score (nSPS) is 12.3. The Morgan fingerprint density at radius 2 is 1.85 bits per heavy atom. The first-order chi connectivity index (χ1) is 9.13. The summed E-state index contributed by atoms with van der Waals surface area (Å²) in [6.45, 7) is 0. The Morgan fingerprint density at radius 3 is 2.40 bits per heavy atom. The van der Waals surface area contributed by atoms with Gasteiger partial charge in [-0.1, -0.05) is 6.07 Å². The lowest BCUT2D eigenvalue weighted by Gasteiger charge is -2.09. The minimum absolute atomic E-state index is 0.0882. The van der Waals surface area contributed by atoms with Crippen molar-refractivity contribution in [2.45, 2.75) is 30.3 Å². The second kappa shape index (κ2) is 6.25. The van der Waals surface area contributed by atoms with Gasteiger partial charge >= 0.3 is 12.1 Å². The van der Waals surface area contributed by atoms with E-state index in [0.717, 1.165) is 18.2 Å². The highest BCUT2D eigenvalue weighted by molar-refractivity contribution is 7.91. The van der Waals surface area contributed by atoms with E-state index in [-0.39, 0.29) is 25.0 Å². The van der Waals surface area contributed by atoms with Gasteiger partial charge in [0.15, 0.2) is 9.84 Å². The number of halogens is 3. The molecule has 0 aliphatic heterocycles. The van der Waals surface area contributed by atoms with Gasteiger partial charge in [-0.3, -0.25) is 4.79 Å². The maximum Gasteiger partial charge on any atom is 0.416 e. The number of rotatable bonds is 6. The summed E-state index contributed by atoms with van der Waals surface area (Å²) in [6.07, 6.45) is -4.52. The molecular weight excluding hydrogens is 297 g/mol. The molecule has 0 aliphatic rings. The van der Waals surface area contributed by atoms with Crippen molar-refractivity contribution in [3.8, 4) is 0 Å². The summed E-state index contributed by atoms with van der Waals surface area (Å²) in [5, 5.41) is 8.41. The highest BCUT2D eigenvalue weighted by Crippen LogP contribution is 2.30. The first-order valence-electron chi connectivity index (χ1n) is 5.75. The topological polar surface area (TPSA) is 71.4 Å². The minimum atomic E-state index is -4.60. The Bertz CT molecular complexity index is 579. The monoisotopic (exact) mass is 310 g/mol. The second-order valence-corrected chi connectivity index (χ2v) is 6.30. The zero-order valence-electron chi connectivity index (χ0n) is 10.4. The van der Waals surface area contributed by atoms with Gasteiger partial charge in [-0.15, -0.1) is 0 Å². The van der Waals surface area contributed by atoms with Crippen molar-refractivity contribution in [2.75, 3.05) is 5.75 Å². The molecule has 0 saturated heterocycles. The molecule has 0 saturated carbocycles. The molecule has 1 aromatic rings. The number of carboxylic acid groups (broad SMARTS) is 1. The summed E-state index contributed by atoms with van der Waals surface area (Å²) in [4.78, 5) is 9.87. The zero-order chi connectivity index (χ0) is 15.4. The van der Waals surface area contributed by atoms with E-state index >= 15 is 0 Å². The third-order valence-electron chi connectivity index (χ3n) is 2.57. The second-order valence-electron chi connectivity index (χ2n) is 4.20. The maximum absolute atomic E-state index is 12.5. The van der Waals surface area contributed by atoms with Crippen LogP contribution < -0.4 is 0 Å². The highest BCUT2D eigenvalue weighted by atomic mass is 32.2. The molecule has 0 aliphatic carbocycles. The number of carbonyl (C=O) groups is 1. The molecule has 4 nitrogen and oxygen atoms in total. The molecule has 1 N–H and O–H groups in total. The molecule has 8 heteroatoms. The van der Waals surface area contributed by atoms with Gasteiger partial charge in [0, 0.05) is 6.42 Å². The summed E-state index contributed by atoms with van der Waals surface area (Å²) in [6, 6.07) is 3.52. The number of hydrogen-bond acceptors (Lipinski definition) is 3. The Hall–Kier alpha value is -1.57. The SMILES string of the molecule is O=C(O)CCCCS(=O)(=O)c1cccc(C(F)(F)F)c1. The van der Waals surface area contributed by atoms with Crippen LogP contribution in [-0.4, -0.2) is 25.2 Å². The van der Waals surface area contributed by atoms with Crippen molar-refractivity contribution in [1.82, 2.24) is 0 Å². The van der Waals surface area contributed by atoms with Crippen LogP contribution in [0.15, 0.2) is 29.2 Å². The van der Waals surface area contributed by atoms with Crippen molar-refractivity contribution in [1.29, 1.82) is 0 Å². The lowest BCUT2D eigenvalue weighted by Crippen LogP contribution is -2.10. The molecule has 0 bridgehead atoms. The average molecular weight is 310 g/mol. The molecule has 0 atom stereocenters. The van der Waals surface area contributed by atoms with Crippen molar-refractivity contribution in [3.05, 3.63) is 29.8 Å². The number of sulfone groups is 1. The fourth-order valence-electron chi connectivity index (χ4n) is 1.55. The summed E-state index contributed by atoms with van der Waals surface area (Å²) in [5.74, 6) is -1.41. The molecule has 0 fully saturated rings. The molecule has 0 heterocycles. The number of alkyl halides is 3. The molecule has 1 rings (SSSR count). The summed E-state index contributed by atoms with van der Waals surface area (Å²) >= 11 is 0. The molecule has 0 aromatic heterocycles. The predicted molar refractivity (Wildman–Crippen MR) is 65.0 cm³/mol. The fraction of sp³-hybridized carbons (Fsp3) is 0.417. The van der Waals surface area contributed by atoms with Crippen molar-refractivity contribution < 1.29 is 31.5 Å². The number of benzene rings is 1. The first-order valence-corrected chi connectivity index (χ1v) is 7.40. The minimum Gasteiger partial charge on any atom is -0.481 e. The van der Waals surface area contributed by atoms with E-state index in [4.69, 9.17) is 5.11 Å². The van der Waals surface area contributed by atoms with Gasteiger partial charge in [-0.2, -0.15) is 13.2 Å². The molecule has 0 radical (unpaired) electrons. The highest BCUT2D eigenvalue weighted by Gasteiger charge is 2.31. The molecule has 0 spiro atoms. The maximum atomic E-state index is 12.5. The first kappa shape index (κ1) is 16.5. The van der Waals surface area contributed by atoms with Gasteiger partial charge in [0.25, 0.3) is 0 Å². The van der Waals surface area contributed by atoms with Crippen molar-refractivity contribution in [3.63, 3.8) is 0 Å². The molecule has 0 amide bonds. The summed E-state index contributed by atoms with van der Waals surface area (Å²) in [7, 11) is -3.83. The third kappa shape index (κ3) is 4.84. The van der Waals surface area contributed by atoms with Gasteiger partial charge < -0.3 is 5.11 Å². The average Bonchev–Trinajstić information content (AvgIpc) is 2.34. The van der Waals surface area contributed by atoms with E-state index in [1.165, 1.54) is 0 Å². The number of hydrogen-bond donors (Lipinski definition) is 1. The van der Waals surface area contributed by atoms with Crippen LogP contribution in [0.1, 0.15) is 24.8 Å².